The molecule has 0 aromatic heterocycles. The molecule has 0 aromatic carbocycles. The fourth-order valence-corrected chi connectivity index (χ4v) is 2.54. The number of hydrogen-bond acceptors (Lipinski definition) is 3. The summed E-state index contributed by atoms with van der Waals surface area (Å²) in [5.41, 5.74) is 6.32. The van der Waals surface area contributed by atoms with Crippen LogP contribution in [0.25, 0.3) is 0 Å². The zero-order valence-electron chi connectivity index (χ0n) is 9.09. The highest BCUT2D eigenvalue weighted by Crippen LogP contribution is 2.29. The van der Waals surface area contributed by atoms with Crippen molar-refractivity contribution in [3.63, 3.8) is 0 Å². The highest BCUT2D eigenvalue weighted by Gasteiger charge is 2.31. The van der Waals surface area contributed by atoms with E-state index in [1.165, 1.54) is 25.7 Å². The molecular formula is C11H22N2O. The molecule has 0 bridgehead atoms. The van der Waals surface area contributed by atoms with E-state index in [0.29, 0.717) is 11.5 Å². The topological polar surface area (TPSA) is 47.3 Å². The van der Waals surface area contributed by atoms with Crippen LogP contribution in [0.15, 0.2) is 0 Å². The Morgan fingerprint density at radius 1 is 1.36 bits per heavy atom. The Morgan fingerprint density at radius 2 is 2.07 bits per heavy atom. The maximum absolute atomic E-state index is 5.94. The van der Waals surface area contributed by atoms with Crippen molar-refractivity contribution in [2.45, 2.75) is 44.2 Å². The van der Waals surface area contributed by atoms with Crippen LogP contribution in [0.1, 0.15) is 32.6 Å². The second-order valence-corrected chi connectivity index (χ2v) is 5.11. The first-order chi connectivity index (χ1) is 6.70. The smallest absolute Gasteiger partial charge is 0.0621 e. The molecule has 2 unspecified atom stereocenters. The van der Waals surface area contributed by atoms with Crippen molar-refractivity contribution in [1.82, 2.24) is 5.32 Å². The van der Waals surface area contributed by atoms with Gasteiger partial charge in [-0.3, -0.25) is 0 Å². The van der Waals surface area contributed by atoms with Gasteiger partial charge >= 0.3 is 0 Å². The van der Waals surface area contributed by atoms with Crippen molar-refractivity contribution in [2.24, 2.45) is 11.7 Å². The second kappa shape index (κ2) is 4.17. The summed E-state index contributed by atoms with van der Waals surface area (Å²) in [5, 5.41) is 3.67. The minimum atomic E-state index is 0.243. The average molecular weight is 198 g/mol. The minimum absolute atomic E-state index is 0.243. The Balaban J connectivity index is 1.75. The Morgan fingerprint density at radius 3 is 2.64 bits per heavy atom. The summed E-state index contributed by atoms with van der Waals surface area (Å²) < 4.78 is 5.35. The minimum Gasteiger partial charge on any atom is -0.379 e. The second-order valence-electron chi connectivity index (χ2n) is 5.11. The van der Waals surface area contributed by atoms with Gasteiger partial charge in [0.15, 0.2) is 0 Å². The Kier molecular flexibility index (Phi) is 3.10. The fourth-order valence-electron chi connectivity index (χ4n) is 2.54. The summed E-state index contributed by atoms with van der Waals surface area (Å²) in [6, 6.07) is 0.243. The van der Waals surface area contributed by atoms with Crippen molar-refractivity contribution in [2.75, 3.05) is 19.8 Å². The molecule has 1 heterocycles. The molecule has 0 aromatic rings. The maximum Gasteiger partial charge on any atom is 0.0621 e. The number of rotatable bonds is 3. The molecule has 1 saturated heterocycles. The summed E-state index contributed by atoms with van der Waals surface area (Å²) in [6.45, 7) is 4.94. The molecule has 0 spiro atoms. The van der Waals surface area contributed by atoms with Crippen molar-refractivity contribution < 1.29 is 4.74 Å². The lowest BCUT2D eigenvalue weighted by Crippen LogP contribution is -2.45. The van der Waals surface area contributed by atoms with E-state index in [2.05, 4.69) is 12.2 Å². The van der Waals surface area contributed by atoms with Crippen LogP contribution in [-0.2, 0) is 4.74 Å². The van der Waals surface area contributed by atoms with Crippen LogP contribution < -0.4 is 11.1 Å². The van der Waals surface area contributed by atoms with E-state index in [1.807, 2.05) is 0 Å². The summed E-state index contributed by atoms with van der Waals surface area (Å²) in [7, 11) is 0. The fraction of sp³-hybridized carbons (Fsp3) is 1.00. The molecule has 1 aliphatic heterocycles. The van der Waals surface area contributed by atoms with Gasteiger partial charge in [-0.2, -0.15) is 0 Å². The van der Waals surface area contributed by atoms with Crippen LogP contribution in [-0.4, -0.2) is 31.3 Å². The molecule has 2 rings (SSSR count). The van der Waals surface area contributed by atoms with E-state index in [4.69, 9.17) is 10.5 Å². The first kappa shape index (κ1) is 10.4. The lowest BCUT2D eigenvalue weighted by Gasteiger charge is -2.27. The van der Waals surface area contributed by atoms with Gasteiger partial charge in [-0.1, -0.05) is 12.8 Å². The quantitative estimate of drug-likeness (QED) is 0.708. The lowest BCUT2D eigenvalue weighted by atomic mass is 9.98. The van der Waals surface area contributed by atoms with Gasteiger partial charge in [0.1, 0.15) is 0 Å². The summed E-state index contributed by atoms with van der Waals surface area (Å²) >= 11 is 0. The van der Waals surface area contributed by atoms with Gasteiger partial charge in [0.2, 0.25) is 0 Å². The SMILES string of the molecule is CC1(NCC2COCC2N)CCCC1. The van der Waals surface area contributed by atoms with E-state index < -0.39 is 0 Å². The molecule has 2 fully saturated rings. The van der Waals surface area contributed by atoms with Crippen LogP contribution >= 0.6 is 0 Å². The highest BCUT2D eigenvalue weighted by atomic mass is 16.5. The molecule has 2 atom stereocenters. The largest absolute Gasteiger partial charge is 0.379 e. The van der Waals surface area contributed by atoms with E-state index in [0.717, 1.165) is 19.8 Å². The average Bonchev–Trinajstić information content (AvgIpc) is 2.73. The van der Waals surface area contributed by atoms with Gasteiger partial charge in [0.25, 0.3) is 0 Å². The van der Waals surface area contributed by atoms with E-state index in [-0.39, 0.29) is 6.04 Å². The third-order valence-electron chi connectivity index (χ3n) is 3.75. The molecule has 0 radical (unpaired) electrons. The van der Waals surface area contributed by atoms with Gasteiger partial charge in [-0.05, 0) is 19.8 Å². The van der Waals surface area contributed by atoms with Crippen LogP contribution in [0.5, 0.6) is 0 Å². The maximum atomic E-state index is 5.94. The molecule has 3 N–H and O–H groups in total. The molecule has 2 aliphatic rings. The molecule has 3 heteroatoms. The number of ether oxygens (including phenoxy) is 1. The third kappa shape index (κ3) is 2.27. The predicted molar refractivity (Wildman–Crippen MR) is 57.2 cm³/mol. The third-order valence-corrected chi connectivity index (χ3v) is 3.75. The van der Waals surface area contributed by atoms with Gasteiger partial charge in [-0.25, -0.2) is 0 Å². The molecule has 1 aliphatic carbocycles. The first-order valence-corrected chi connectivity index (χ1v) is 5.78. The Labute approximate surface area is 86.4 Å². The van der Waals surface area contributed by atoms with Crippen LogP contribution in [0, 0.1) is 5.92 Å². The number of nitrogens with two attached hydrogens (primary N) is 1. The van der Waals surface area contributed by atoms with Gasteiger partial charge in [0, 0.05) is 24.0 Å². The highest BCUT2D eigenvalue weighted by molar-refractivity contribution is 4.90. The molecular weight excluding hydrogens is 176 g/mol. The standard InChI is InChI=1S/C11H22N2O/c1-11(4-2-3-5-11)13-6-9-7-14-8-10(9)12/h9-10,13H,2-8,12H2,1H3. The molecule has 0 amide bonds. The van der Waals surface area contributed by atoms with Crippen molar-refractivity contribution in [3.8, 4) is 0 Å². The molecule has 1 saturated carbocycles. The normalized spacial score (nSPS) is 36.4. The Bertz CT molecular complexity index is 190. The molecule has 3 nitrogen and oxygen atoms in total. The summed E-state index contributed by atoms with van der Waals surface area (Å²) in [4.78, 5) is 0. The van der Waals surface area contributed by atoms with Crippen molar-refractivity contribution in [1.29, 1.82) is 0 Å². The number of nitrogens with one attached hydrogen (secondary N) is 1. The first-order valence-electron chi connectivity index (χ1n) is 5.78. The Hall–Kier alpha value is -0.120. The lowest BCUT2D eigenvalue weighted by molar-refractivity contribution is 0.181. The van der Waals surface area contributed by atoms with Gasteiger partial charge in [-0.15, -0.1) is 0 Å². The summed E-state index contributed by atoms with van der Waals surface area (Å²) in [5.74, 6) is 0.521. The zero-order valence-corrected chi connectivity index (χ0v) is 9.09. The van der Waals surface area contributed by atoms with Gasteiger partial charge < -0.3 is 15.8 Å². The summed E-state index contributed by atoms with van der Waals surface area (Å²) in [6.07, 6.45) is 5.37. The van der Waals surface area contributed by atoms with E-state index in [9.17, 15) is 0 Å². The van der Waals surface area contributed by atoms with Crippen LogP contribution in [0.3, 0.4) is 0 Å². The van der Waals surface area contributed by atoms with E-state index >= 15 is 0 Å². The molecule has 82 valence electrons. The van der Waals surface area contributed by atoms with Gasteiger partial charge in [0.05, 0.1) is 13.2 Å². The molecule has 14 heavy (non-hydrogen) atoms. The predicted octanol–water partition coefficient (Wildman–Crippen LogP) is 0.882. The van der Waals surface area contributed by atoms with Crippen molar-refractivity contribution >= 4 is 0 Å². The van der Waals surface area contributed by atoms with Crippen LogP contribution in [0.2, 0.25) is 0 Å². The zero-order chi connectivity index (χ0) is 10.0. The monoisotopic (exact) mass is 198 g/mol. The number of hydrogen-bond donors (Lipinski definition) is 2. The van der Waals surface area contributed by atoms with E-state index in [1.54, 1.807) is 0 Å². The van der Waals surface area contributed by atoms with Crippen LogP contribution in [0.4, 0.5) is 0 Å². The van der Waals surface area contributed by atoms with Crippen molar-refractivity contribution in [3.05, 3.63) is 0 Å².